The molecule has 0 aliphatic rings. The Hall–Kier alpha value is -1.82. The van der Waals surface area contributed by atoms with Crippen LogP contribution in [0.15, 0.2) is 18.2 Å². The van der Waals surface area contributed by atoms with E-state index < -0.39 is 5.97 Å². The van der Waals surface area contributed by atoms with Crippen LogP contribution in [0.4, 0.5) is 0 Å². The Kier molecular flexibility index (Phi) is 3.14. The lowest BCUT2D eigenvalue weighted by atomic mass is 10.3. The second-order valence-corrected chi connectivity index (χ2v) is 4.05. The molecule has 0 saturated heterocycles. The number of aromatic amines is 1. The Morgan fingerprint density at radius 2 is 2.35 bits per heavy atom. The molecular weight excluding hydrogens is 240 g/mol. The van der Waals surface area contributed by atoms with Gasteiger partial charge in [0.2, 0.25) is 0 Å². The molecule has 90 valence electrons. The zero-order valence-electron chi connectivity index (χ0n) is 9.27. The van der Waals surface area contributed by atoms with Crippen LogP contribution in [0.2, 0.25) is 0 Å². The largest absolute Gasteiger partial charge is 0.493 e. The van der Waals surface area contributed by atoms with Gasteiger partial charge in [-0.3, -0.25) is 4.79 Å². The second-order valence-electron chi connectivity index (χ2n) is 3.66. The number of carboxylic acid groups (broad SMARTS) is 1. The van der Waals surface area contributed by atoms with Crippen LogP contribution in [-0.4, -0.2) is 27.2 Å². The van der Waals surface area contributed by atoms with Crippen molar-refractivity contribution in [1.29, 1.82) is 0 Å². The molecule has 0 atom stereocenters. The minimum atomic E-state index is -0.869. The van der Waals surface area contributed by atoms with Gasteiger partial charge in [0.15, 0.2) is 4.77 Å². The number of rotatable bonds is 4. The Morgan fingerprint density at radius 1 is 1.59 bits per heavy atom. The maximum atomic E-state index is 10.4. The van der Waals surface area contributed by atoms with Gasteiger partial charge in [0.25, 0.3) is 0 Å². The zero-order valence-corrected chi connectivity index (χ0v) is 10.1. The number of hydrogen-bond acceptors (Lipinski definition) is 3. The van der Waals surface area contributed by atoms with Gasteiger partial charge in [0, 0.05) is 13.1 Å². The molecule has 0 aliphatic carbocycles. The molecule has 1 heterocycles. The van der Waals surface area contributed by atoms with Crippen molar-refractivity contribution in [3.8, 4) is 5.75 Å². The number of nitrogens with zero attached hydrogens (tertiary/aromatic N) is 1. The maximum absolute atomic E-state index is 10.4. The molecule has 0 bridgehead atoms. The third kappa shape index (κ3) is 2.47. The number of H-pyrrole nitrogens is 1. The topological polar surface area (TPSA) is 67.2 Å². The van der Waals surface area contributed by atoms with E-state index in [0.29, 0.717) is 10.5 Å². The summed E-state index contributed by atoms with van der Waals surface area (Å²) in [5.74, 6) is -0.227. The number of carbonyl (C=O) groups is 1. The number of aromatic nitrogens is 2. The Balaban J connectivity index is 2.22. The van der Waals surface area contributed by atoms with E-state index >= 15 is 0 Å². The van der Waals surface area contributed by atoms with Gasteiger partial charge in [0.05, 0.1) is 24.1 Å². The number of nitrogens with one attached hydrogen (secondary N) is 1. The first kappa shape index (κ1) is 11.7. The molecule has 0 radical (unpaired) electrons. The molecule has 0 fully saturated rings. The van der Waals surface area contributed by atoms with Crippen LogP contribution in [0.1, 0.15) is 6.42 Å². The van der Waals surface area contributed by atoms with E-state index in [2.05, 4.69) is 4.98 Å². The predicted molar refractivity (Wildman–Crippen MR) is 65.9 cm³/mol. The molecule has 17 heavy (non-hydrogen) atoms. The van der Waals surface area contributed by atoms with Crippen LogP contribution in [0.5, 0.6) is 5.75 Å². The summed E-state index contributed by atoms with van der Waals surface area (Å²) in [7, 11) is 1.86. The standard InChI is InChI=1S/C11H12N2O3S/c1-13-9-6-7(16-5-4-10(14)15)2-3-8(9)12-11(13)17/h2-3,6H,4-5H2,1H3,(H,12,17)(H,14,15). The molecule has 0 amide bonds. The summed E-state index contributed by atoms with van der Waals surface area (Å²) < 4.78 is 7.83. The zero-order chi connectivity index (χ0) is 12.4. The average molecular weight is 252 g/mol. The fraction of sp³-hybridized carbons (Fsp3) is 0.273. The smallest absolute Gasteiger partial charge is 0.306 e. The van der Waals surface area contributed by atoms with Gasteiger partial charge in [-0.1, -0.05) is 0 Å². The highest BCUT2D eigenvalue weighted by Crippen LogP contribution is 2.20. The van der Waals surface area contributed by atoms with Crippen molar-refractivity contribution in [3.63, 3.8) is 0 Å². The van der Waals surface area contributed by atoms with Gasteiger partial charge in [-0.05, 0) is 24.4 Å². The van der Waals surface area contributed by atoms with Crippen molar-refractivity contribution >= 4 is 29.2 Å². The number of hydrogen-bond donors (Lipinski definition) is 2. The second kappa shape index (κ2) is 4.58. The van der Waals surface area contributed by atoms with Crippen molar-refractivity contribution in [2.75, 3.05) is 6.61 Å². The number of aryl methyl sites for hydroxylation is 1. The fourth-order valence-corrected chi connectivity index (χ4v) is 1.76. The minimum absolute atomic E-state index is 0.0103. The highest BCUT2D eigenvalue weighted by molar-refractivity contribution is 7.71. The highest BCUT2D eigenvalue weighted by atomic mass is 32.1. The number of imidazole rings is 1. The van der Waals surface area contributed by atoms with E-state index in [0.717, 1.165) is 11.0 Å². The van der Waals surface area contributed by atoms with Gasteiger partial charge in [-0.2, -0.15) is 0 Å². The molecule has 1 aromatic heterocycles. The summed E-state index contributed by atoms with van der Waals surface area (Å²) in [5, 5.41) is 8.51. The lowest BCUT2D eigenvalue weighted by Gasteiger charge is -2.04. The molecule has 0 saturated carbocycles. The van der Waals surface area contributed by atoms with Crippen LogP contribution >= 0.6 is 12.2 Å². The molecule has 1 aromatic carbocycles. The predicted octanol–water partition coefficient (Wildman–Crippen LogP) is 2.09. The molecule has 5 nitrogen and oxygen atoms in total. The molecular formula is C11H12N2O3S. The summed E-state index contributed by atoms with van der Waals surface area (Å²) >= 11 is 5.11. The quantitative estimate of drug-likeness (QED) is 0.818. The van der Waals surface area contributed by atoms with Crippen LogP contribution in [0.25, 0.3) is 11.0 Å². The van der Waals surface area contributed by atoms with E-state index in [1.807, 2.05) is 23.7 Å². The van der Waals surface area contributed by atoms with Crippen molar-refractivity contribution in [1.82, 2.24) is 9.55 Å². The van der Waals surface area contributed by atoms with E-state index in [-0.39, 0.29) is 13.0 Å². The van der Waals surface area contributed by atoms with E-state index in [1.54, 1.807) is 6.07 Å². The number of aliphatic carboxylic acids is 1. The Bertz CT molecular complexity index is 615. The molecule has 0 aliphatic heterocycles. The van der Waals surface area contributed by atoms with Gasteiger partial charge in [-0.25, -0.2) is 0 Å². The summed E-state index contributed by atoms with van der Waals surface area (Å²) in [6.07, 6.45) is -0.0103. The van der Waals surface area contributed by atoms with Crippen molar-refractivity contribution in [2.24, 2.45) is 7.05 Å². The number of carboxylic acids is 1. The van der Waals surface area contributed by atoms with Gasteiger partial charge >= 0.3 is 5.97 Å². The van der Waals surface area contributed by atoms with Crippen LogP contribution in [0.3, 0.4) is 0 Å². The first-order valence-corrected chi connectivity index (χ1v) is 5.52. The first-order chi connectivity index (χ1) is 8.08. The normalized spacial score (nSPS) is 10.6. The minimum Gasteiger partial charge on any atom is -0.493 e. The average Bonchev–Trinajstić information content (AvgIpc) is 2.55. The lowest BCUT2D eigenvalue weighted by Crippen LogP contribution is -2.04. The van der Waals surface area contributed by atoms with Gasteiger partial charge < -0.3 is 19.4 Å². The Labute approximate surface area is 103 Å². The summed E-state index contributed by atoms with van der Waals surface area (Å²) in [5.41, 5.74) is 1.87. The fourth-order valence-electron chi connectivity index (χ4n) is 1.55. The van der Waals surface area contributed by atoms with Gasteiger partial charge in [0.1, 0.15) is 5.75 Å². The monoisotopic (exact) mass is 252 g/mol. The van der Waals surface area contributed by atoms with Gasteiger partial charge in [-0.15, -0.1) is 0 Å². The first-order valence-electron chi connectivity index (χ1n) is 5.11. The molecule has 6 heteroatoms. The Morgan fingerprint density at radius 3 is 3.06 bits per heavy atom. The number of fused-ring (bicyclic) bond motifs is 1. The SMILES string of the molecule is Cn1c(=S)[nH]c2ccc(OCCC(=O)O)cc21. The molecule has 2 rings (SSSR count). The summed E-state index contributed by atoms with van der Waals surface area (Å²) in [4.78, 5) is 13.4. The number of benzene rings is 1. The van der Waals surface area contributed by atoms with Crippen molar-refractivity contribution in [2.45, 2.75) is 6.42 Å². The van der Waals surface area contributed by atoms with Crippen molar-refractivity contribution in [3.05, 3.63) is 23.0 Å². The van der Waals surface area contributed by atoms with Crippen LogP contribution in [0, 0.1) is 4.77 Å². The van der Waals surface area contributed by atoms with E-state index in [4.69, 9.17) is 22.1 Å². The molecule has 0 spiro atoms. The van der Waals surface area contributed by atoms with E-state index in [9.17, 15) is 4.79 Å². The summed E-state index contributed by atoms with van der Waals surface area (Å²) in [6.45, 7) is 0.162. The van der Waals surface area contributed by atoms with Crippen molar-refractivity contribution < 1.29 is 14.6 Å². The van der Waals surface area contributed by atoms with E-state index in [1.165, 1.54) is 0 Å². The maximum Gasteiger partial charge on any atom is 0.306 e. The molecule has 2 aromatic rings. The third-order valence-corrected chi connectivity index (χ3v) is 2.84. The van der Waals surface area contributed by atoms with Crippen LogP contribution in [-0.2, 0) is 11.8 Å². The number of ether oxygens (including phenoxy) is 1. The lowest BCUT2D eigenvalue weighted by molar-refractivity contribution is -0.137. The third-order valence-electron chi connectivity index (χ3n) is 2.46. The highest BCUT2D eigenvalue weighted by Gasteiger charge is 2.03. The molecule has 2 N–H and O–H groups in total. The molecule has 0 unspecified atom stereocenters. The van der Waals surface area contributed by atoms with Crippen LogP contribution < -0.4 is 4.74 Å². The summed E-state index contributed by atoms with van der Waals surface area (Å²) in [6, 6.07) is 5.49.